The Morgan fingerprint density at radius 2 is 1.11 bits per heavy atom. The Balaban J connectivity index is 0.000000166. The fourth-order valence-corrected chi connectivity index (χ4v) is 19.5. The number of rotatable bonds is 31. The van der Waals surface area contributed by atoms with E-state index >= 15 is 0 Å². The van der Waals surface area contributed by atoms with Gasteiger partial charge in [0.1, 0.15) is 90.3 Å². The summed E-state index contributed by atoms with van der Waals surface area (Å²) in [4.78, 5) is 153. The minimum Gasteiger partial charge on any atom is -0.497 e. The van der Waals surface area contributed by atoms with Crippen molar-refractivity contribution in [3.63, 3.8) is 0 Å². The van der Waals surface area contributed by atoms with E-state index in [4.69, 9.17) is 100 Å². The zero-order valence-corrected chi connectivity index (χ0v) is 78.8. The van der Waals surface area contributed by atoms with E-state index in [0.29, 0.717) is 43.8 Å². The van der Waals surface area contributed by atoms with Crippen molar-refractivity contribution in [1.29, 1.82) is 0 Å². The first-order valence-electron chi connectivity index (χ1n) is 42.1. The Morgan fingerprint density at radius 1 is 0.596 bits per heavy atom. The Kier molecular flexibility index (Phi) is 35.3. The number of carbonyl (C=O) groups excluding carboxylic acids is 5. The molecule has 6 aliphatic heterocycles. The van der Waals surface area contributed by atoms with Gasteiger partial charge in [0.05, 0.1) is 54.7 Å². The number of nitrogens with one attached hydrogen (secondary N) is 5. The van der Waals surface area contributed by atoms with Crippen LogP contribution in [-0.4, -0.2) is 226 Å². The van der Waals surface area contributed by atoms with Crippen molar-refractivity contribution in [3.8, 4) is 23.0 Å². The zero-order chi connectivity index (χ0) is 98.4. The number of Topliss-reactive ketones (excluding diaryl/α,β-unsaturated/α-hetero) is 1. The molecule has 6 saturated heterocycles. The van der Waals surface area contributed by atoms with Crippen LogP contribution >= 0.6 is 58.9 Å². The third-order valence-corrected chi connectivity index (χ3v) is 27.8. The van der Waals surface area contributed by atoms with Crippen LogP contribution in [0.3, 0.4) is 0 Å². The van der Waals surface area contributed by atoms with Crippen molar-refractivity contribution in [1.82, 2.24) is 48.2 Å². The van der Waals surface area contributed by atoms with Crippen LogP contribution in [0.1, 0.15) is 125 Å². The molecule has 4 aromatic carbocycles. The van der Waals surface area contributed by atoms with Gasteiger partial charge in [0.15, 0.2) is 53.0 Å². The Morgan fingerprint density at radius 3 is 1.58 bits per heavy atom. The molecule has 15 rings (SSSR count). The summed E-state index contributed by atoms with van der Waals surface area (Å²) in [6.45, 7) is 7.51. The Bertz CT molecular complexity index is 6120. The number of amides is 2. The van der Waals surface area contributed by atoms with E-state index in [1.54, 1.807) is 74.5 Å². The number of carbonyl (C=O) groups is 5. The monoisotopic (exact) mass is 2020 g/mol. The second-order valence-corrected chi connectivity index (χ2v) is 37.9. The molecule has 6 fully saturated rings. The number of H-pyrrole nitrogens is 3. The maximum absolute atomic E-state index is 13.6. The van der Waals surface area contributed by atoms with Crippen LogP contribution in [0, 0.1) is 19.8 Å². The minimum absolute atomic E-state index is 0.0230. The van der Waals surface area contributed by atoms with Crippen molar-refractivity contribution < 1.29 is 134 Å². The number of methoxy groups -OCH3 is 1. The van der Waals surface area contributed by atoms with Gasteiger partial charge < -0.3 is 106 Å². The second kappa shape index (κ2) is 46.1. The lowest BCUT2D eigenvalue weighted by atomic mass is 10.1. The van der Waals surface area contributed by atoms with Crippen LogP contribution in [0.4, 0.5) is 11.8 Å². The number of anilines is 2. The van der Waals surface area contributed by atoms with Crippen LogP contribution in [-0.2, 0) is 80.2 Å². The lowest BCUT2D eigenvalue weighted by molar-refractivity contribution is -0.190. The molecule has 46 nitrogen and oxygen atoms in total. The number of aliphatic hydroxyl groups excluding tert-OH is 3. The summed E-state index contributed by atoms with van der Waals surface area (Å²) in [6, 6.07) is 26.6. The molecule has 734 valence electrons. The van der Waals surface area contributed by atoms with Gasteiger partial charge in [-0.25, -0.2) is 19.4 Å². The fourth-order valence-electron chi connectivity index (χ4n) is 14.7. The molecule has 0 bridgehead atoms. The highest BCUT2D eigenvalue weighted by atomic mass is 35.5. The van der Waals surface area contributed by atoms with E-state index in [0.717, 1.165) is 20.1 Å². The van der Waals surface area contributed by atoms with Gasteiger partial charge in [0.25, 0.3) is 46.7 Å². The standard InChI is InChI=1S/C27H29ClN3O10P.C25H33N5O10.2C16H18ClN2O7P/c1-37-17-10-8-16(9-11-17)24(33)29-21-12-13-31(26(34)30-21)25-23(40-22-7-4-14-38-22)27(35,20(15-32)39-25)42(36)41-19-6-3-2-5-18(19)28;1-12(2)22(34)28-25-27-21-18(23(35)29-25)26-11-30(21)24-20(40-17-6-5-9-36-17)19(38-14(4)32)15(39-24)10-37-16(33)8-7-13(3)31;2*1-9-7-19(15(22)18-14(9)21)13-6-16(23,12(8-20)25-13)27(24)26-11-5-3-2-4-10(11)17/h2-3,5-6,8-13,20,22-23,25,32,35,42H,4,7,14-15H2,1H3,(H,29,30,33,34);11-12,15,17,19-20,24H,5-10H2,1-4H3,(H2,27,28,29,34,35);2*2-5,7,12-13,20,23,27H,6,8H2,1H3,(H,18,21,22)/t20-,22?,23+,25-,27+;15-,17?,19-,20-,24-;2*12-,13-,16-/m1111/s1. The Hall–Kier alpha value is -10.8. The quantitative estimate of drug-likeness (QED) is 0.0180. The van der Waals surface area contributed by atoms with Crippen LogP contribution in [0.25, 0.3) is 11.2 Å². The molecule has 0 saturated carbocycles. The molecular formula is C84H98Cl3N12O34P3. The molecule has 136 heavy (non-hydrogen) atoms. The number of esters is 2. The predicted molar refractivity (Wildman–Crippen MR) is 482 cm³/mol. The van der Waals surface area contributed by atoms with Gasteiger partial charge in [-0.05, 0) is 100 Å². The first kappa shape index (κ1) is 104. The topological polar surface area (TPSA) is 619 Å². The highest BCUT2D eigenvalue weighted by Gasteiger charge is 2.64. The van der Waals surface area contributed by atoms with Gasteiger partial charge >= 0.3 is 29.0 Å². The highest BCUT2D eigenvalue weighted by molar-refractivity contribution is 7.42. The van der Waals surface area contributed by atoms with Crippen molar-refractivity contribution in [2.24, 2.45) is 5.92 Å². The SMILES string of the molecule is CC(=O)CCC(=O)OC[C@H]1O[C@@H](n2cnc3c(=O)[nH]c(NC(=O)C(C)C)nc32)[C@H](OC2CCCO2)[C@@H]1OC(C)=O.COc1ccc(C(=O)Nc2ccn([C@@H]3O[C@H](CO)[C@](O)([PH](=O)Oc4ccccc4Cl)[C@H]3OC3CCCO3)c(=O)n2)cc1.Cc1cn([C@H]2C[C@@](O)([PH](=O)Oc3ccccc3Cl)[C@@H](CO)O2)c(=O)[nH]c1=O.Cc1cn([C@H]2C[C@@](O)([PH](=O)Oc3ccccc3Cl)[C@@H](CO)O2)c(=O)[nH]c1=O. The number of hydrogen-bond donors (Lipinski definition) is 11. The summed E-state index contributed by atoms with van der Waals surface area (Å²) in [6.07, 6.45) is -7.38. The number of ketones is 1. The lowest BCUT2D eigenvalue weighted by Gasteiger charge is -2.33. The molecule has 5 unspecified atom stereocenters. The molecule has 0 aliphatic carbocycles. The van der Waals surface area contributed by atoms with Gasteiger partial charge in [-0.1, -0.05) is 85.0 Å². The molecule has 9 aromatic rings. The normalized spacial score (nSPS) is 25.6. The zero-order valence-electron chi connectivity index (χ0n) is 73.5. The summed E-state index contributed by atoms with van der Waals surface area (Å²) in [5.41, 5.74) is -3.16. The smallest absolute Gasteiger partial charge is 0.351 e. The first-order chi connectivity index (χ1) is 64.8. The van der Waals surface area contributed by atoms with Gasteiger partial charge in [-0.15, -0.1) is 0 Å². The Labute approximate surface area is 787 Å². The summed E-state index contributed by atoms with van der Waals surface area (Å²) >= 11 is 18.1. The number of para-hydroxylation sites is 3. The summed E-state index contributed by atoms with van der Waals surface area (Å²) < 4.78 is 123. The van der Waals surface area contributed by atoms with E-state index in [9.17, 15) is 97.1 Å². The third-order valence-electron chi connectivity index (χ3n) is 22.0. The van der Waals surface area contributed by atoms with Gasteiger partial charge in [-0.2, -0.15) is 9.97 Å². The van der Waals surface area contributed by atoms with Crippen molar-refractivity contribution in [2.45, 2.75) is 189 Å². The van der Waals surface area contributed by atoms with E-state index in [1.165, 1.54) is 107 Å². The molecule has 2 amide bonds. The molecule has 19 atom stereocenters. The molecule has 0 spiro atoms. The van der Waals surface area contributed by atoms with Crippen LogP contribution in [0.2, 0.25) is 15.1 Å². The number of fused-ring (bicyclic) bond motifs is 1. The van der Waals surface area contributed by atoms with E-state index in [2.05, 4.69) is 40.5 Å². The van der Waals surface area contributed by atoms with Crippen molar-refractivity contribution in [2.75, 3.05) is 57.4 Å². The number of hydrogen-bond acceptors (Lipinski definition) is 37. The van der Waals surface area contributed by atoms with Gasteiger partial charge in [-0.3, -0.25) is 85.8 Å². The molecular weight excluding hydrogens is 1920 g/mol. The van der Waals surface area contributed by atoms with Crippen molar-refractivity contribution in [3.05, 3.63) is 222 Å². The number of aromatic amines is 3. The molecule has 5 aromatic heterocycles. The van der Waals surface area contributed by atoms with Gasteiger partial charge in [0, 0.05) is 93.4 Å². The molecule has 6 aliphatic rings. The molecule has 11 heterocycles. The number of benzene rings is 4. The number of aromatic nitrogens is 10. The minimum atomic E-state index is -3.55. The first-order valence-corrected chi connectivity index (χ1v) is 47.2. The highest BCUT2D eigenvalue weighted by Crippen LogP contribution is 2.57. The number of imidazole rings is 1. The maximum Gasteiger partial charge on any atom is 0.351 e. The average molecular weight is 2020 g/mol. The average Bonchev–Trinajstić information content (AvgIpc) is 1.58. The molecule has 0 radical (unpaired) electrons. The number of aliphatic hydroxyl groups is 6. The van der Waals surface area contributed by atoms with Crippen molar-refractivity contribution >= 4 is 111 Å². The fraction of sp³-hybridized carbons (Fsp3) is 0.452. The third kappa shape index (κ3) is 24.5. The second-order valence-electron chi connectivity index (χ2n) is 31.9. The summed E-state index contributed by atoms with van der Waals surface area (Å²) in [5, 5.41) is 62.1. The molecule has 52 heteroatoms. The van der Waals surface area contributed by atoms with Gasteiger partial charge in [0.2, 0.25) is 17.2 Å². The van der Waals surface area contributed by atoms with E-state index < -0.39 is 192 Å². The largest absolute Gasteiger partial charge is 0.497 e. The summed E-state index contributed by atoms with van der Waals surface area (Å²) in [7, 11) is -8.48. The van der Waals surface area contributed by atoms with Crippen LogP contribution < -0.4 is 62.7 Å². The number of ether oxygens (including phenoxy) is 11. The number of nitrogens with zero attached hydrogens (tertiary/aromatic N) is 7. The number of aryl methyl sites for hydroxylation is 2. The summed E-state index contributed by atoms with van der Waals surface area (Å²) in [5.74, 6) is -1.89. The number of halogens is 3. The van der Waals surface area contributed by atoms with Crippen LogP contribution in [0.15, 0.2) is 157 Å². The lowest BCUT2D eigenvalue weighted by Crippen LogP contribution is -2.49. The van der Waals surface area contributed by atoms with E-state index in [1.807, 2.05) is 0 Å². The predicted octanol–water partition coefficient (Wildman–Crippen LogP) is 5.83. The van der Waals surface area contributed by atoms with Crippen LogP contribution in [0.5, 0.6) is 23.0 Å². The maximum atomic E-state index is 13.6. The van der Waals surface area contributed by atoms with E-state index in [-0.39, 0.29) is 116 Å². The molecule has 11 N–H and O–H groups in total.